The molecule has 10 N–H and O–H groups in total. The zero-order valence-corrected chi connectivity index (χ0v) is 11.9. The molecule has 0 radical (unpaired) electrons. The van der Waals surface area contributed by atoms with Crippen molar-refractivity contribution in [2.24, 2.45) is 0 Å². The Labute approximate surface area is 90.4 Å². The quantitative estimate of drug-likeness (QED) is 0.332. The second kappa shape index (κ2) is 17.1. The van der Waals surface area contributed by atoms with Crippen molar-refractivity contribution in [3.8, 4) is 0 Å². The summed E-state index contributed by atoms with van der Waals surface area (Å²) < 4.78 is -1.36. The van der Waals surface area contributed by atoms with Crippen LogP contribution in [-0.4, -0.2) is 29.9 Å². The summed E-state index contributed by atoms with van der Waals surface area (Å²) in [5.74, 6) is 0. The molecule has 72 valence electrons. The van der Waals surface area contributed by atoms with Gasteiger partial charge in [0, 0.05) is 0 Å². The van der Waals surface area contributed by atoms with Crippen LogP contribution in [0.5, 0.6) is 0 Å². The van der Waals surface area contributed by atoms with Gasteiger partial charge in [-0.05, 0) is 0 Å². The van der Waals surface area contributed by atoms with Crippen molar-refractivity contribution in [3.05, 3.63) is 0 Å². The molecule has 0 aromatic rings. The lowest BCUT2D eigenvalue weighted by Gasteiger charge is -1.88. The topological polar surface area (TPSA) is 158 Å². The maximum atomic E-state index is 3.26. The Hall–Kier alpha value is 1.94. The summed E-state index contributed by atoms with van der Waals surface area (Å²) in [4.78, 5) is 0. The summed E-state index contributed by atoms with van der Waals surface area (Å²) in [5.41, 5.74) is 0. The fraction of sp³-hybridized carbons (Fsp3) is 0. The molecule has 10 heteroatoms. The van der Waals surface area contributed by atoms with Crippen molar-refractivity contribution >= 4 is 63.7 Å². The van der Waals surface area contributed by atoms with E-state index in [2.05, 4.69) is 61.2 Å². The largest absolute Gasteiger partial charge is 0.412 e. The van der Waals surface area contributed by atoms with Gasteiger partial charge in [0.05, 0.1) is 0 Å². The van der Waals surface area contributed by atoms with Gasteiger partial charge >= 0.3 is 2.55 Å². The van der Waals surface area contributed by atoms with Crippen molar-refractivity contribution in [2.45, 2.75) is 0 Å². The molecule has 0 bridgehead atoms. The summed E-state index contributed by atoms with van der Waals surface area (Å²) in [7, 11) is 0. The third-order valence-corrected chi connectivity index (χ3v) is 0. The SMILES string of the molecule is Br[Si](Br)(Br)Br.O.O.O.O.O. The summed E-state index contributed by atoms with van der Waals surface area (Å²) >= 11 is 13.1. The van der Waals surface area contributed by atoms with Crippen LogP contribution in [0, 0.1) is 0 Å². The zero-order valence-electron chi connectivity index (χ0n) is 4.51. The van der Waals surface area contributed by atoms with Gasteiger partial charge in [0.15, 0.2) is 0 Å². The smallest absolute Gasteiger partial charge is 0.336 e. The van der Waals surface area contributed by atoms with E-state index in [1.54, 1.807) is 0 Å². The molecule has 0 saturated carbocycles. The molecule has 0 amide bonds. The third kappa shape index (κ3) is 212. The molecule has 0 spiro atoms. The van der Waals surface area contributed by atoms with E-state index in [0.717, 1.165) is 0 Å². The average Bonchev–Trinajstić information content (AvgIpc) is 0.722. The molecule has 10 heavy (non-hydrogen) atoms. The van der Waals surface area contributed by atoms with Gasteiger partial charge < -0.3 is 27.4 Å². The lowest BCUT2D eigenvalue weighted by Crippen LogP contribution is -1.86. The van der Waals surface area contributed by atoms with Gasteiger partial charge in [-0.1, -0.05) is 61.2 Å². The second-order valence-corrected chi connectivity index (χ2v) is 34.7. The van der Waals surface area contributed by atoms with Gasteiger partial charge in [0.1, 0.15) is 0 Å². The van der Waals surface area contributed by atoms with E-state index in [1.165, 1.54) is 0 Å². The molecule has 0 heterocycles. The Morgan fingerprint density at radius 3 is 0.500 bits per heavy atom. The predicted octanol–water partition coefficient (Wildman–Crippen LogP) is -1.12. The van der Waals surface area contributed by atoms with Crippen LogP contribution >= 0.6 is 61.2 Å². The normalized spacial score (nSPS) is 6.00. The van der Waals surface area contributed by atoms with Crippen molar-refractivity contribution in [3.63, 3.8) is 0 Å². The zero-order chi connectivity index (χ0) is 4.50. The minimum absolute atomic E-state index is 0. The van der Waals surface area contributed by atoms with E-state index >= 15 is 0 Å². The van der Waals surface area contributed by atoms with E-state index < -0.39 is 2.55 Å². The Balaban J connectivity index is -0.00000000800. The molecular formula is H10Br4O5Si. The predicted molar refractivity (Wildman–Crippen MR) is 59.5 cm³/mol. The first-order chi connectivity index (χ1) is 2.00. The lowest BCUT2D eigenvalue weighted by molar-refractivity contribution is 0.823. The van der Waals surface area contributed by atoms with E-state index in [4.69, 9.17) is 0 Å². The highest BCUT2D eigenvalue weighted by atomic mass is 80.0. The molecule has 0 aliphatic heterocycles. The van der Waals surface area contributed by atoms with E-state index in [-0.39, 0.29) is 27.4 Å². The van der Waals surface area contributed by atoms with Crippen molar-refractivity contribution in [2.75, 3.05) is 0 Å². The summed E-state index contributed by atoms with van der Waals surface area (Å²) in [5, 5.41) is 0. The van der Waals surface area contributed by atoms with Crippen LogP contribution in [0.3, 0.4) is 0 Å². The molecule has 0 atom stereocenters. The first-order valence-electron chi connectivity index (χ1n) is 0.756. The van der Waals surface area contributed by atoms with Gasteiger partial charge in [0.2, 0.25) is 0 Å². The highest BCUT2D eigenvalue weighted by Gasteiger charge is 2.14. The van der Waals surface area contributed by atoms with Crippen molar-refractivity contribution < 1.29 is 27.4 Å². The van der Waals surface area contributed by atoms with Crippen LogP contribution in [0.25, 0.3) is 0 Å². The van der Waals surface area contributed by atoms with Gasteiger partial charge in [0.25, 0.3) is 0 Å². The van der Waals surface area contributed by atoms with Gasteiger partial charge in [-0.2, -0.15) is 0 Å². The third-order valence-electron chi connectivity index (χ3n) is 0. The maximum absolute atomic E-state index is 3.26. The monoisotopic (exact) mass is 434 g/mol. The van der Waals surface area contributed by atoms with E-state index in [1.807, 2.05) is 0 Å². The molecule has 0 aliphatic carbocycles. The highest BCUT2D eigenvalue weighted by molar-refractivity contribution is 9.90. The fourth-order valence-corrected chi connectivity index (χ4v) is 0. The Morgan fingerprint density at radius 1 is 0.500 bits per heavy atom. The van der Waals surface area contributed by atoms with Crippen LogP contribution in [0.15, 0.2) is 0 Å². The maximum Gasteiger partial charge on any atom is 0.336 e. The number of hydrogen-bond acceptors (Lipinski definition) is 0. The molecule has 0 fully saturated rings. The summed E-state index contributed by atoms with van der Waals surface area (Å²) in [6.45, 7) is 0. The molecule has 0 unspecified atom stereocenters. The molecule has 5 nitrogen and oxygen atoms in total. The first kappa shape index (κ1) is 40.5. The van der Waals surface area contributed by atoms with Gasteiger partial charge in [-0.3, -0.25) is 0 Å². The van der Waals surface area contributed by atoms with Crippen molar-refractivity contribution in [1.29, 1.82) is 0 Å². The highest BCUT2D eigenvalue weighted by Crippen LogP contribution is 2.33. The molecule has 0 aromatic heterocycles. The number of rotatable bonds is 0. The Bertz CT molecular complexity index is 29.1. The van der Waals surface area contributed by atoms with Crippen LogP contribution < -0.4 is 0 Å². The number of halogens is 4. The summed E-state index contributed by atoms with van der Waals surface area (Å²) in [6.07, 6.45) is 0. The molecule has 0 aromatic carbocycles. The lowest BCUT2D eigenvalue weighted by atomic mass is 16.0. The van der Waals surface area contributed by atoms with Crippen LogP contribution in [0.1, 0.15) is 0 Å². The minimum Gasteiger partial charge on any atom is -0.412 e. The molecule has 0 rings (SSSR count). The van der Waals surface area contributed by atoms with Crippen LogP contribution in [0.4, 0.5) is 0 Å². The molecular weight excluding hydrogens is 428 g/mol. The van der Waals surface area contributed by atoms with Crippen LogP contribution in [-0.2, 0) is 0 Å². The minimum atomic E-state index is -1.36. The van der Waals surface area contributed by atoms with Crippen molar-refractivity contribution in [1.82, 2.24) is 0 Å². The fourth-order valence-electron chi connectivity index (χ4n) is 0. The Morgan fingerprint density at radius 2 is 0.500 bits per heavy atom. The van der Waals surface area contributed by atoms with Crippen LogP contribution in [0.2, 0.25) is 0 Å². The Kier molecular flexibility index (Phi) is 69.4. The number of hydrogen-bond donors (Lipinski definition) is 0. The first-order valence-corrected chi connectivity index (χ1v) is 11.8. The van der Waals surface area contributed by atoms with E-state index in [0.29, 0.717) is 0 Å². The summed E-state index contributed by atoms with van der Waals surface area (Å²) in [6, 6.07) is 0. The van der Waals surface area contributed by atoms with Gasteiger partial charge in [-0.25, -0.2) is 0 Å². The standard InChI is InChI=1S/Br4Si.5H2O/c1-5(2,3)4;;;;;/h;5*1H2. The average molecular weight is 438 g/mol. The second-order valence-electron chi connectivity index (χ2n) is 0.429. The van der Waals surface area contributed by atoms with Gasteiger partial charge in [-0.15, -0.1) is 0 Å². The molecule has 0 saturated heterocycles. The molecule has 0 aliphatic rings. The van der Waals surface area contributed by atoms with E-state index in [9.17, 15) is 0 Å².